The first-order valence-corrected chi connectivity index (χ1v) is 4.99. The van der Waals surface area contributed by atoms with Crippen molar-refractivity contribution in [2.24, 2.45) is 0 Å². The van der Waals surface area contributed by atoms with Crippen LogP contribution < -0.4 is 10.2 Å². The molecule has 0 aliphatic carbocycles. The summed E-state index contributed by atoms with van der Waals surface area (Å²) < 4.78 is 0. The normalized spacial score (nSPS) is 10.0. The second kappa shape index (κ2) is 4.79. The Kier molecular flexibility index (Phi) is 3.68. The number of aryl methyl sites for hydroxylation is 1. The first-order chi connectivity index (χ1) is 6.71. The summed E-state index contributed by atoms with van der Waals surface area (Å²) in [6.07, 6.45) is 0. The van der Waals surface area contributed by atoms with Gasteiger partial charge in [-0.15, -0.1) is 0 Å². The molecule has 0 saturated carbocycles. The summed E-state index contributed by atoms with van der Waals surface area (Å²) in [5, 5.41) is 3.03. The molecule has 1 rings (SSSR count). The molecule has 78 valence electrons. The fourth-order valence-corrected chi connectivity index (χ4v) is 1.39. The molecule has 14 heavy (non-hydrogen) atoms. The Morgan fingerprint density at radius 2 is 1.93 bits per heavy atom. The largest absolute Gasteiger partial charge is 0.373 e. The fourth-order valence-electron chi connectivity index (χ4n) is 1.39. The summed E-state index contributed by atoms with van der Waals surface area (Å²) >= 11 is 0. The van der Waals surface area contributed by atoms with Gasteiger partial charge in [-0.25, -0.2) is 9.97 Å². The highest BCUT2D eigenvalue weighted by Gasteiger charge is 2.05. The van der Waals surface area contributed by atoms with E-state index in [4.69, 9.17) is 0 Å². The van der Waals surface area contributed by atoms with E-state index in [1.165, 1.54) is 0 Å². The van der Waals surface area contributed by atoms with Gasteiger partial charge in [-0.3, -0.25) is 0 Å². The van der Waals surface area contributed by atoms with Gasteiger partial charge in [-0.1, -0.05) is 0 Å². The van der Waals surface area contributed by atoms with Crippen molar-refractivity contribution < 1.29 is 0 Å². The van der Waals surface area contributed by atoms with Crippen molar-refractivity contribution in [1.29, 1.82) is 0 Å². The van der Waals surface area contributed by atoms with Crippen LogP contribution in [0.2, 0.25) is 0 Å². The lowest BCUT2D eigenvalue weighted by molar-refractivity contribution is 0.835. The Balaban J connectivity index is 3.01. The van der Waals surface area contributed by atoms with Crippen LogP contribution in [0.4, 0.5) is 11.6 Å². The lowest BCUT2D eigenvalue weighted by Crippen LogP contribution is -2.23. The minimum atomic E-state index is 0.804. The first-order valence-electron chi connectivity index (χ1n) is 4.99. The van der Waals surface area contributed by atoms with Crippen molar-refractivity contribution in [3.8, 4) is 0 Å². The van der Waals surface area contributed by atoms with Gasteiger partial charge in [0.25, 0.3) is 0 Å². The minimum absolute atomic E-state index is 0.804. The van der Waals surface area contributed by atoms with E-state index in [9.17, 15) is 0 Å². The summed E-state index contributed by atoms with van der Waals surface area (Å²) in [4.78, 5) is 10.9. The number of rotatable bonds is 4. The molecule has 0 aromatic carbocycles. The van der Waals surface area contributed by atoms with E-state index in [0.717, 1.165) is 30.5 Å². The van der Waals surface area contributed by atoms with Gasteiger partial charge in [0, 0.05) is 26.2 Å². The first kappa shape index (κ1) is 10.8. The molecule has 0 aliphatic rings. The quantitative estimate of drug-likeness (QED) is 0.791. The van der Waals surface area contributed by atoms with E-state index in [2.05, 4.69) is 34.0 Å². The highest BCUT2D eigenvalue weighted by Crippen LogP contribution is 2.14. The fraction of sp³-hybridized carbons (Fsp3) is 0.600. The summed E-state index contributed by atoms with van der Waals surface area (Å²) in [5.41, 5.74) is 0. The van der Waals surface area contributed by atoms with E-state index < -0.39 is 0 Å². The summed E-state index contributed by atoms with van der Waals surface area (Å²) in [5.74, 6) is 2.67. The van der Waals surface area contributed by atoms with Crippen LogP contribution in [0.25, 0.3) is 0 Å². The number of nitrogens with zero attached hydrogens (tertiary/aromatic N) is 3. The molecule has 0 amide bonds. The maximum atomic E-state index is 4.40. The Labute approximate surface area is 85.4 Å². The molecule has 0 bridgehead atoms. The van der Waals surface area contributed by atoms with Gasteiger partial charge in [0.1, 0.15) is 17.5 Å². The molecule has 1 heterocycles. The number of hydrogen-bond donors (Lipinski definition) is 1. The van der Waals surface area contributed by atoms with Gasteiger partial charge in [-0.05, 0) is 20.8 Å². The standard InChI is InChI=1S/C10H18N4/c1-5-14(6-2)10-7-9(11-4)12-8(3)13-10/h7H,5-6H2,1-4H3,(H,11,12,13). The zero-order valence-corrected chi connectivity index (χ0v) is 9.33. The van der Waals surface area contributed by atoms with E-state index in [1.54, 1.807) is 0 Å². The number of aromatic nitrogens is 2. The maximum Gasteiger partial charge on any atom is 0.134 e. The van der Waals surface area contributed by atoms with Crippen LogP contribution in [-0.2, 0) is 0 Å². The van der Waals surface area contributed by atoms with E-state index in [0.29, 0.717) is 0 Å². The third-order valence-electron chi connectivity index (χ3n) is 2.17. The van der Waals surface area contributed by atoms with Crippen molar-refractivity contribution in [2.45, 2.75) is 20.8 Å². The molecule has 1 aromatic heterocycles. The van der Waals surface area contributed by atoms with Gasteiger partial charge in [0.15, 0.2) is 0 Å². The smallest absolute Gasteiger partial charge is 0.134 e. The van der Waals surface area contributed by atoms with Crippen LogP contribution in [0.15, 0.2) is 6.07 Å². The van der Waals surface area contributed by atoms with Crippen molar-refractivity contribution in [2.75, 3.05) is 30.4 Å². The van der Waals surface area contributed by atoms with E-state index in [-0.39, 0.29) is 0 Å². The number of nitrogens with one attached hydrogen (secondary N) is 1. The Morgan fingerprint density at radius 1 is 1.29 bits per heavy atom. The predicted octanol–water partition coefficient (Wildman–Crippen LogP) is 1.67. The van der Waals surface area contributed by atoms with Crippen molar-refractivity contribution in [1.82, 2.24) is 9.97 Å². The Bertz CT molecular complexity index is 294. The zero-order chi connectivity index (χ0) is 10.6. The van der Waals surface area contributed by atoms with Crippen LogP contribution in [0.5, 0.6) is 0 Å². The molecular formula is C10H18N4. The van der Waals surface area contributed by atoms with Crippen molar-refractivity contribution >= 4 is 11.6 Å². The van der Waals surface area contributed by atoms with Crippen LogP contribution in [0.3, 0.4) is 0 Å². The second-order valence-electron chi connectivity index (χ2n) is 3.08. The summed E-state index contributed by atoms with van der Waals surface area (Å²) in [6, 6.07) is 1.97. The molecule has 0 atom stereocenters. The molecule has 0 radical (unpaired) electrons. The molecule has 0 saturated heterocycles. The average molecular weight is 194 g/mol. The topological polar surface area (TPSA) is 41.0 Å². The number of anilines is 2. The maximum absolute atomic E-state index is 4.40. The molecule has 1 aromatic rings. The van der Waals surface area contributed by atoms with Gasteiger partial charge in [0.05, 0.1) is 0 Å². The Morgan fingerprint density at radius 3 is 2.43 bits per heavy atom. The third-order valence-corrected chi connectivity index (χ3v) is 2.17. The molecule has 1 N–H and O–H groups in total. The highest BCUT2D eigenvalue weighted by atomic mass is 15.2. The van der Waals surface area contributed by atoms with E-state index in [1.807, 2.05) is 20.0 Å². The van der Waals surface area contributed by atoms with Crippen LogP contribution >= 0.6 is 0 Å². The van der Waals surface area contributed by atoms with Gasteiger partial charge >= 0.3 is 0 Å². The van der Waals surface area contributed by atoms with Crippen molar-refractivity contribution in [3.63, 3.8) is 0 Å². The number of hydrogen-bond acceptors (Lipinski definition) is 4. The predicted molar refractivity (Wildman–Crippen MR) is 59.9 cm³/mol. The SMILES string of the molecule is CCN(CC)c1cc(NC)nc(C)n1. The summed E-state index contributed by atoms with van der Waals surface area (Å²) in [6.45, 7) is 8.10. The molecule has 0 aliphatic heterocycles. The monoisotopic (exact) mass is 194 g/mol. The summed E-state index contributed by atoms with van der Waals surface area (Å²) in [7, 11) is 1.87. The molecule has 0 spiro atoms. The van der Waals surface area contributed by atoms with Crippen molar-refractivity contribution in [3.05, 3.63) is 11.9 Å². The second-order valence-corrected chi connectivity index (χ2v) is 3.08. The van der Waals surface area contributed by atoms with Gasteiger partial charge in [0.2, 0.25) is 0 Å². The molecule has 0 fully saturated rings. The molecule has 4 heteroatoms. The van der Waals surface area contributed by atoms with Gasteiger partial charge < -0.3 is 10.2 Å². The minimum Gasteiger partial charge on any atom is -0.373 e. The van der Waals surface area contributed by atoms with Crippen LogP contribution in [0, 0.1) is 6.92 Å². The molecular weight excluding hydrogens is 176 g/mol. The average Bonchev–Trinajstić information content (AvgIpc) is 2.19. The molecule has 0 unspecified atom stereocenters. The third kappa shape index (κ3) is 2.34. The Hall–Kier alpha value is -1.32. The lowest BCUT2D eigenvalue weighted by atomic mass is 10.4. The zero-order valence-electron chi connectivity index (χ0n) is 9.33. The lowest BCUT2D eigenvalue weighted by Gasteiger charge is -2.20. The molecule has 4 nitrogen and oxygen atoms in total. The highest BCUT2D eigenvalue weighted by molar-refractivity contribution is 5.48. The van der Waals surface area contributed by atoms with Crippen LogP contribution in [-0.4, -0.2) is 30.1 Å². The van der Waals surface area contributed by atoms with Crippen LogP contribution in [0.1, 0.15) is 19.7 Å². The van der Waals surface area contributed by atoms with Gasteiger partial charge in [-0.2, -0.15) is 0 Å². The van der Waals surface area contributed by atoms with E-state index >= 15 is 0 Å².